The molecular weight excluding hydrogens is 395 g/mol. The molecule has 30 heavy (non-hydrogen) atoms. The lowest BCUT2D eigenvalue weighted by atomic mass is 10.1. The lowest BCUT2D eigenvalue weighted by molar-refractivity contribution is -0.139. The van der Waals surface area contributed by atoms with E-state index in [-0.39, 0.29) is 18.1 Å². The molecule has 0 amide bonds. The van der Waals surface area contributed by atoms with Crippen LogP contribution in [-0.2, 0) is 9.59 Å². The van der Waals surface area contributed by atoms with E-state index in [1.54, 1.807) is 0 Å². The van der Waals surface area contributed by atoms with E-state index in [0.29, 0.717) is 6.42 Å². The molecule has 0 bridgehead atoms. The highest BCUT2D eigenvalue weighted by Crippen LogP contribution is 2.12. The van der Waals surface area contributed by atoms with Crippen molar-refractivity contribution in [3.05, 3.63) is 41.9 Å². The Kier molecular flexibility index (Phi) is 15.8. The number of carbonyl (C=O) groups is 2. The van der Waals surface area contributed by atoms with Gasteiger partial charge in [0.25, 0.3) is 0 Å². The van der Waals surface area contributed by atoms with Gasteiger partial charge in [0, 0.05) is 12.5 Å². The number of carboxylic acid groups (broad SMARTS) is 2. The number of aliphatic carboxylic acids is 2. The molecule has 1 atom stereocenters. The van der Waals surface area contributed by atoms with Crippen LogP contribution in [-0.4, -0.2) is 45.1 Å². The van der Waals surface area contributed by atoms with Gasteiger partial charge in [0.15, 0.2) is 0 Å². The summed E-state index contributed by atoms with van der Waals surface area (Å²) in [6.45, 7) is 2.02. The van der Waals surface area contributed by atoms with Gasteiger partial charge in [0.1, 0.15) is 18.2 Å². The van der Waals surface area contributed by atoms with Crippen LogP contribution in [0.3, 0.4) is 0 Å². The molecule has 1 unspecified atom stereocenters. The first-order chi connectivity index (χ1) is 14.2. The zero-order valence-electron chi connectivity index (χ0n) is 17.4. The van der Waals surface area contributed by atoms with Crippen molar-refractivity contribution in [2.75, 3.05) is 6.61 Å². The first-order valence-electron chi connectivity index (χ1n) is 10.1. The number of aliphatic hydroxyl groups is 2. The lowest BCUT2D eigenvalue weighted by Crippen LogP contribution is -2.21. The number of hydrogen-bond donors (Lipinski definition) is 4. The fourth-order valence-corrected chi connectivity index (χ4v) is 2.49. The molecule has 0 aliphatic heterocycles. The van der Waals surface area contributed by atoms with Crippen LogP contribution in [0, 0.1) is 5.82 Å². The Labute approximate surface area is 176 Å². The molecule has 0 heterocycles. The minimum absolute atomic E-state index is 0.0175. The standard InChI is InChI=1S/C12H22O3.C10H11FO4/c1-2-3-4-5-6-7-8-9-11(13)10-12(14)15;11-7-2-1-3-9(4-7)15-6-8(12)5-10(13)14/h10,13H,2-9H2,1H3,(H,14,15);1-4,8,12H,5-6H2,(H,13,14)/b11-10-;. The molecule has 170 valence electrons. The summed E-state index contributed by atoms with van der Waals surface area (Å²) in [6, 6.07) is 5.42. The SMILES string of the molecule is CCCCCCCCC/C(O)=C/C(=O)O.O=C(O)CC(O)COc1cccc(F)c1. The summed E-state index contributed by atoms with van der Waals surface area (Å²) in [5.74, 6) is -2.38. The molecule has 0 aliphatic carbocycles. The van der Waals surface area contributed by atoms with E-state index in [1.807, 2.05) is 0 Å². The third kappa shape index (κ3) is 17.5. The van der Waals surface area contributed by atoms with E-state index < -0.39 is 30.3 Å². The van der Waals surface area contributed by atoms with E-state index in [4.69, 9.17) is 25.2 Å². The van der Waals surface area contributed by atoms with Gasteiger partial charge in [-0.2, -0.15) is 0 Å². The smallest absolute Gasteiger partial charge is 0.331 e. The average Bonchev–Trinajstić information content (AvgIpc) is 2.65. The van der Waals surface area contributed by atoms with E-state index in [9.17, 15) is 14.0 Å². The van der Waals surface area contributed by atoms with Crippen LogP contribution in [0.15, 0.2) is 36.1 Å². The Morgan fingerprint density at radius 2 is 1.70 bits per heavy atom. The summed E-state index contributed by atoms with van der Waals surface area (Å²) in [5.41, 5.74) is 0. The minimum Gasteiger partial charge on any atom is -0.512 e. The monoisotopic (exact) mass is 428 g/mol. The summed E-state index contributed by atoms with van der Waals surface area (Å²) in [7, 11) is 0. The second-order valence-electron chi connectivity index (χ2n) is 6.87. The van der Waals surface area contributed by atoms with Crippen molar-refractivity contribution in [1.29, 1.82) is 0 Å². The first kappa shape index (κ1) is 27.4. The third-order valence-corrected chi connectivity index (χ3v) is 3.98. The number of benzene rings is 1. The Balaban J connectivity index is 0.000000561. The molecule has 1 rings (SSSR count). The van der Waals surface area contributed by atoms with Crippen LogP contribution in [0.25, 0.3) is 0 Å². The molecule has 1 aromatic carbocycles. The maximum Gasteiger partial charge on any atom is 0.331 e. The number of ether oxygens (including phenoxy) is 1. The van der Waals surface area contributed by atoms with Crippen molar-refractivity contribution >= 4 is 11.9 Å². The minimum atomic E-state index is -1.11. The van der Waals surface area contributed by atoms with Gasteiger partial charge in [0.2, 0.25) is 0 Å². The number of halogens is 1. The van der Waals surface area contributed by atoms with Gasteiger partial charge in [-0.15, -0.1) is 0 Å². The molecular formula is C22H33FO7. The van der Waals surface area contributed by atoms with Crippen molar-refractivity contribution in [2.24, 2.45) is 0 Å². The number of aliphatic hydroxyl groups excluding tert-OH is 2. The Bertz CT molecular complexity index is 646. The van der Waals surface area contributed by atoms with E-state index in [1.165, 1.54) is 50.3 Å². The molecule has 7 nitrogen and oxygen atoms in total. The lowest BCUT2D eigenvalue weighted by Gasteiger charge is -2.10. The second-order valence-corrected chi connectivity index (χ2v) is 6.87. The van der Waals surface area contributed by atoms with Gasteiger partial charge in [-0.05, 0) is 18.6 Å². The first-order valence-corrected chi connectivity index (χ1v) is 10.1. The zero-order chi connectivity index (χ0) is 22.8. The predicted octanol–water partition coefficient (Wildman–Crippen LogP) is 4.69. The van der Waals surface area contributed by atoms with E-state index in [0.717, 1.165) is 25.0 Å². The zero-order valence-corrected chi connectivity index (χ0v) is 17.4. The molecule has 0 aliphatic rings. The number of rotatable bonds is 14. The molecule has 8 heteroatoms. The topological polar surface area (TPSA) is 124 Å². The van der Waals surface area contributed by atoms with Gasteiger partial charge in [-0.1, -0.05) is 51.5 Å². The summed E-state index contributed by atoms with van der Waals surface area (Å²) >= 11 is 0. The number of carboxylic acids is 2. The van der Waals surface area contributed by atoms with Crippen LogP contribution >= 0.6 is 0 Å². The van der Waals surface area contributed by atoms with Crippen molar-refractivity contribution in [3.63, 3.8) is 0 Å². The molecule has 0 saturated carbocycles. The third-order valence-electron chi connectivity index (χ3n) is 3.98. The molecule has 1 aromatic rings. The van der Waals surface area contributed by atoms with Gasteiger partial charge in [-0.3, -0.25) is 4.79 Å². The predicted molar refractivity (Wildman–Crippen MR) is 111 cm³/mol. The van der Waals surface area contributed by atoms with Crippen molar-refractivity contribution < 1.29 is 39.1 Å². The second kappa shape index (κ2) is 17.3. The van der Waals surface area contributed by atoms with Crippen molar-refractivity contribution in [2.45, 2.75) is 70.8 Å². The van der Waals surface area contributed by atoms with Crippen molar-refractivity contribution in [1.82, 2.24) is 0 Å². The van der Waals surface area contributed by atoms with Crippen LogP contribution in [0.2, 0.25) is 0 Å². The quantitative estimate of drug-likeness (QED) is 0.192. The highest BCUT2D eigenvalue weighted by atomic mass is 19.1. The highest BCUT2D eigenvalue weighted by molar-refractivity contribution is 5.80. The van der Waals surface area contributed by atoms with Gasteiger partial charge < -0.3 is 25.2 Å². The fraction of sp³-hybridized carbons (Fsp3) is 0.545. The van der Waals surface area contributed by atoms with Crippen molar-refractivity contribution in [3.8, 4) is 5.75 Å². The molecule has 0 aromatic heterocycles. The summed E-state index contributed by atoms with van der Waals surface area (Å²) in [6.07, 6.45) is 8.08. The largest absolute Gasteiger partial charge is 0.512 e. The maximum absolute atomic E-state index is 12.7. The normalized spacial score (nSPS) is 11.9. The molecule has 4 N–H and O–H groups in total. The number of unbranched alkanes of at least 4 members (excludes halogenated alkanes) is 6. The van der Waals surface area contributed by atoms with Gasteiger partial charge >= 0.3 is 11.9 Å². The highest BCUT2D eigenvalue weighted by Gasteiger charge is 2.10. The molecule has 0 radical (unpaired) electrons. The van der Waals surface area contributed by atoms with Gasteiger partial charge in [0.05, 0.1) is 24.4 Å². The molecule has 0 spiro atoms. The average molecular weight is 428 g/mol. The summed E-state index contributed by atoms with van der Waals surface area (Å²) in [4.78, 5) is 20.4. The number of hydrogen-bond acceptors (Lipinski definition) is 5. The fourth-order valence-electron chi connectivity index (χ4n) is 2.49. The van der Waals surface area contributed by atoms with Crippen LogP contribution in [0.1, 0.15) is 64.7 Å². The molecule has 0 saturated heterocycles. The Morgan fingerprint density at radius 3 is 2.27 bits per heavy atom. The summed E-state index contributed by atoms with van der Waals surface area (Å²) < 4.78 is 17.7. The van der Waals surface area contributed by atoms with E-state index >= 15 is 0 Å². The van der Waals surface area contributed by atoms with E-state index in [2.05, 4.69) is 6.92 Å². The van der Waals surface area contributed by atoms with Gasteiger partial charge in [-0.25, -0.2) is 9.18 Å². The summed E-state index contributed by atoms with van der Waals surface area (Å²) in [5, 5.41) is 35.0. The maximum atomic E-state index is 12.7. The Morgan fingerprint density at radius 1 is 1.07 bits per heavy atom. The van der Waals surface area contributed by atoms with Crippen LogP contribution in [0.5, 0.6) is 5.75 Å². The number of allylic oxidation sites excluding steroid dienone is 1. The molecule has 0 fully saturated rings. The van der Waals surface area contributed by atoms with Crippen LogP contribution < -0.4 is 4.74 Å². The Hall–Kier alpha value is -2.61. The van der Waals surface area contributed by atoms with Crippen LogP contribution in [0.4, 0.5) is 4.39 Å².